The van der Waals surface area contributed by atoms with Crippen LogP contribution in [0.1, 0.15) is 27.9 Å². The number of primary amides is 1. The van der Waals surface area contributed by atoms with Gasteiger partial charge in [0.2, 0.25) is 5.91 Å². The van der Waals surface area contributed by atoms with Crippen LogP contribution in [-0.2, 0) is 4.79 Å². The Kier molecular flexibility index (Phi) is 4.45. The second-order valence-corrected chi connectivity index (χ2v) is 4.36. The first kappa shape index (κ1) is 13.7. The zero-order valence-electron chi connectivity index (χ0n) is 11.0. The fraction of sp³-hybridized carbons (Fsp3) is 0.0588. The van der Waals surface area contributed by atoms with Gasteiger partial charge in [0.15, 0.2) is 5.78 Å². The summed E-state index contributed by atoms with van der Waals surface area (Å²) in [5.74, 6) is -0.432. The van der Waals surface area contributed by atoms with Crippen molar-refractivity contribution in [1.29, 1.82) is 0 Å². The molecule has 2 aromatic carbocycles. The zero-order chi connectivity index (χ0) is 14.4. The smallest absolute Gasteiger partial charge is 0.221 e. The van der Waals surface area contributed by atoms with Gasteiger partial charge in [-0.05, 0) is 5.56 Å². The molecule has 2 N–H and O–H groups in total. The van der Waals surface area contributed by atoms with Crippen LogP contribution < -0.4 is 5.73 Å². The van der Waals surface area contributed by atoms with Gasteiger partial charge >= 0.3 is 0 Å². The maximum Gasteiger partial charge on any atom is 0.221 e. The summed E-state index contributed by atoms with van der Waals surface area (Å²) in [4.78, 5) is 23.2. The molecule has 100 valence electrons. The molecule has 0 radical (unpaired) electrons. The fourth-order valence-corrected chi connectivity index (χ4v) is 1.90. The van der Waals surface area contributed by atoms with E-state index >= 15 is 0 Å². The van der Waals surface area contributed by atoms with Crippen molar-refractivity contribution in [3.8, 4) is 0 Å². The molecule has 0 bridgehead atoms. The van der Waals surface area contributed by atoms with E-state index in [1.165, 1.54) is 0 Å². The Hall–Kier alpha value is -2.68. The molecule has 0 fully saturated rings. The van der Waals surface area contributed by atoms with Crippen LogP contribution in [0.3, 0.4) is 0 Å². The zero-order valence-corrected chi connectivity index (χ0v) is 11.0. The number of hydrogen-bond donors (Lipinski definition) is 1. The third kappa shape index (κ3) is 3.42. The van der Waals surface area contributed by atoms with Crippen LogP contribution in [0, 0.1) is 0 Å². The standard InChI is InChI=1S/C17H15NO2/c18-16(19)12-6-10-13-7-4-5-11-15(13)17(20)14-8-2-1-3-9-14/h1-11H,12H2,(H2,18,19). The molecule has 0 spiro atoms. The molecule has 20 heavy (non-hydrogen) atoms. The molecule has 2 rings (SSSR count). The highest BCUT2D eigenvalue weighted by Gasteiger charge is 2.11. The molecule has 0 aliphatic rings. The van der Waals surface area contributed by atoms with E-state index in [0.717, 1.165) is 5.56 Å². The van der Waals surface area contributed by atoms with Crippen molar-refractivity contribution in [3.63, 3.8) is 0 Å². The molecule has 0 aliphatic heterocycles. The summed E-state index contributed by atoms with van der Waals surface area (Å²) in [5, 5.41) is 0. The van der Waals surface area contributed by atoms with Gasteiger partial charge in [0, 0.05) is 17.5 Å². The second kappa shape index (κ2) is 6.48. The van der Waals surface area contributed by atoms with E-state index in [9.17, 15) is 9.59 Å². The molecule has 0 aromatic heterocycles. The maximum atomic E-state index is 12.4. The number of hydrogen-bond acceptors (Lipinski definition) is 2. The second-order valence-electron chi connectivity index (χ2n) is 4.36. The Bertz CT molecular complexity index is 645. The molecular formula is C17H15NO2. The van der Waals surface area contributed by atoms with Crippen molar-refractivity contribution < 1.29 is 9.59 Å². The highest BCUT2D eigenvalue weighted by Crippen LogP contribution is 2.16. The average Bonchev–Trinajstić information content (AvgIpc) is 2.47. The number of nitrogens with two attached hydrogens (primary N) is 1. The third-order valence-electron chi connectivity index (χ3n) is 2.86. The summed E-state index contributed by atoms with van der Waals surface area (Å²) < 4.78 is 0. The molecule has 1 amide bonds. The van der Waals surface area contributed by atoms with Crippen molar-refractivity contribution in [2.24, 2.45) is 5.73 Å². The van der Waals surface area contributed by atoms with E-state index in [1.54, 1.807) is 30.4 Å². The van der Waals surface area contributed by atoms with Crippen molar-refractivity contribution in [2.45, 2.75) is 6.42 Å². The van der Waals surface area contributed by atoms with E-state index in [1.807, 2.05) is 36.4 Å². The van der Waals surface area contributed by atoms with Gasteiger partial charge in [-0.2, -0.15) is 0 Å². The fourth-order valence-electron chi connectivity index (χ4n) is 1.90. The van der Waals surface area contributed by atoms with Crippen LogP contribution in [0.15, 0.2) is 60.7 Å². The topological polar surface area (TPSA) is 60.2 Å². The highest BCUT2D eigenvalue weighted by molar-refractivity contribution is 6.11. The van der Waals surface area contributed by atoms with E-state index in [-0.39, 0.29) is 12.2 Å². The molecule has 3 heteroatoms. The lowest BCUT2D eigenvalue weighted by Gasteiger charge is -2.05. The Morgan fingerprint density at radius 3 is 2.30 bits per heavy atom. The first-order valence-corrected chi connectivity index (χ1v) is 6.32. The van der Waals surface area contributed by atoms with E-state index in [0.29, 0.717) is 11.1 Å². The molecule has 2 aromatic rings. The van der Waals surface area contributed by atoms with Gasteiger partial charge < -0.3 is 5.73 Å². The number of ketones is 1. The number of carbonyl (C=O) groups is 2. The van der Waals surface area contributed by atoms with Gasteiger partial charge in [-0.1, -0.05) is 66.7 Å². The van der Waals surface area contributed by atoms with Crippen LogP contribution >= 0.6 is 0 Å². The molecule has 3 nitrogen and oxygen atoms in total. The predicted molar refractivity (Wildman–Crippen MR) is 79.2 cm³/mol. The van der Waals surface area contributed by atoms with E-state index < -0.39 is 5.91 Å². The van der Waals surface area contributed by atoms with Gasteiger partial charge in [-0.25, -0.2) is 0 Å². The normalized spacial score (nSPS) is 10.6. The lowest BCUT2D eigenvalue weighted by Crippen LogP contribution is -2.08. The maximum absolute atomic E-state index is 12.4. The number of amides is 1. The van der Waals surface area contributed by atoms with Gasteiger partial charge in [0.25, 0.3) is 0 Å². The average molecular weight is 265 g/mol. The SMILES string of the molecule is NC(=O)CC=Cc1ccccc1C(=O)c1ccccc1. The van der Waals surface area contributed by atoms with E-state index in [4.69, 9.17) is 5.73 Å². The number of benzene rings is 2. The van der Waals surface area contributed by atoms with Gasteiger partial charge in [0.1, 0.15) is 0 Å². The van der Waals surface area contributed by atoms with Gasteiger partial charge in [-0.15, -0.1) is 0 Å². The Balaban J connectivity index is 2.30. The van der Waals surface area contributed by atoms with Crippen LogP contribution in [0.4, 0.5) is 0 Å². The summed E-state index contributed by atoms with van der Waals surface area (Å²) in [7, 11) is 0. The first-order chi connectivity index (χ1) is 9.68. The van der Waals surface area contributed by atoms with Crippen molar-refractivity contribution >= 4 is 17.8 Å². The lowest BCUT2D eigenvalue weighted by atomic mass is 9.98. The van der Waals surface area contributed by atoms with Crippen LogP contribution in [0.5, 0.6) is 0 Å². The van der Waals surface area contributed by atoms with Gasteiger partial charge in [-0.3, -0.25) is 9.59 Å². The molecule has 0 unspecified atom stereocenters. The van der Waals surface area contributed by atoms with E-state index in [2.05, 4.69) is 0 Å². The number of rotatable bonds is 5. The Morgan fingerprint density at radius 2 is 1.60 bits per heavy atom. The van der Waals surface area contributed by atoms with Gasteiger partial charge in [0.05, 0.1) is 0 Å². The molecule has 0 atom stereocenters. The van der Waals surface area contributed by atoms with Crippen molar-refractivity contribution in [1.82, 2.24) is 0 Å². The highest BCUT2D eigenvalue weighted by atomic mass is 16.1. The largest absolute Gasteiger partial charge is 0.369 e. The summed E-state index contributed by atoms with van der Waals surface area (Å²) in [6.07, 6.45) is 3.58. The Labute approximate surface area is 117 Å². The summed E-state index contributed by atoms with van der Waals surface area (Å²) in [5.41, 5.74) is 7.12. The minimum Gasteiger partial charge on any atom is -0.369 e. The summed E-state index contributed by atoms with van der Waals surface area (Å²) >= 11 is 0. The lowest BCUT2D eigenvalue weighted by molar-refractivity contribution is -0.117. The third-order valence-corrected chi connectivity index (χ3v) is 2.86. The quantitative estimate of drug-likeness (QED) is 0.845. The summed E-state index contributed by atoms with van der Waals surface area (Å²) in [6.45, 7) is 0. The van der Waals surface area contributed by atoms with Crippen molar-refractivity contribution in [3.05, 3.63) is 77.4 Å². The molecule has 0 saturated heterocycles. The molecule has 0 saturated carbocycles. The van der Waals surface area contributed by atoms with Crippen molar-refractivity contribution in [2.75, 3.05) is 0 Å². The molecule has 0 aliphatic carbocycles. The predicted octanol–water partition coefficient (Wildman–Crippen LogP) is 2.81. The Morgan fingerprint density at radius 1 is 0.950 bits per heavy atom. The van der Waals surface area contributed by atoms with Crippen LogP contribution in [-0.4, -0.2) is 11.7 Å². The van der Waals surface area contributed by atoms with Crippen LogP contribution in [0.25, 0.3) is 6.08 Å². The minimum absolute atomic E-state index is 0.0371. The molecule has 0 heterocycles. The van der Waals surface area contributed by atoms with Crippen LogP contribution in [0.2, 0.25) is 0 Å². The number of carbonyl (C=O) groups excluding carboxylic acids is 2. The summed E-state index contributed by atoms with van der Waals surface area (Å²) in [6, 6.07) is 16.4. The first-order valence-electron chi connectivity index (χ1n) is 6.32. The minimum atomic E-state index is -0.395. The molecular weight excluding hydrogens is 250 g/mol. The monoisotopic (exact) mass is 265 g/mol.